The van der Waals surface area contributed by atoms with Crippen molar-refractivity contribution in [2.24, 2.45) is 27.9 Å². The molecule has 0 heterocycles. The van der Waals surface area contributed by atoms with Gasteiger partial charge in [-0.3, -0.25) is 5.41 Å². The number of halogens is 1. The van der Waals surface area contributed by atoms with Crippen LogP contribution in [0.2, 0.25) is 0 Å². The minimum absolute atomic E-state index is 0. The SMILES string of the molecule is CN(C)C(N)=NC(=N)N.Cl.NCCCN. The lowest BCUT2D eigenvalue weighted by molar-refractivity contribution is 0.615. The van der Waals surface area contributed by atoms with Crippen molar-refractivity contribution in [3.8, 4) is 0 Å². The molecule has 9 N–H and O–H groups in total. The number of aliphatic imine (C=N–C) groups is 1. The number of hydrogen-bond donors (Lipinski definition) is 5. The molecule has 0 aliphatic heterocycles. The Morgan fingerprint density at radius 3 is 1.67 bits per heavy atom. The quantitative estimate of drug-likeness (QED) is 0.293. The summed E-state index contributed by atoms with van der Waals surface area (Å²) in [6.07, 6.45) is 0.944. The van der Waals surface area contributed by atoms with E-state index >= 15 is 0 Å². The van der Waals surface area contributed by atoms with Crippen molar-refractivity contribution in [3.05, 3.63) is 0 Å². The van der Waals surface area contributed by atoms with Crippen molar-refractivity contribution in [2.75, 3.05) is 27.2 Å². The highest BCUT2D eigenvalue weighted by atomic mass is 35.5. The van der Waals surface area contributed by atoms with Gasteiger partial charge in [0.2, 0.25) is 5.96 Å². The normalized spacial score (nSPS) is 9.47. The molecule has 15 heavy (non-hydrogen) atoms. The van der Waals surface area contributed by atoms with Crippen molar-refractivity contribution < 1.29 is 0 Å². The molecule has 7 nitrogen and oxygen atoms in total. The van der Waals surface area contributed by atoms with E-state index in [1.807, 2.05) is 0 Å². The average molecular weight is 240 g/mol. The molecule has 0 amide bonds. The Hall–Kier alpha value is -1.05. The van der Waals surface area contributed by atoms with Crippen LogP contribution in [0.15, 0.2) is 4.99 Å². The zero-order chi connectivity index (χ0) is 11.6. The highest BCUT2D eigenvalue weighted by molar-refractivity contribution is 5.91. The van der Waals surface area contributed by atoms with Gasteiger partial charge >= 0.3 is 0 Å². The summed E-state index contributed by atoms with van der Waals surface area (Å²) in [6.45, 7) is 1.44. The van der Waals surface area contributed by atoms with Gasteiger partial charge in [0.15, 0.2) is 5.96 Å². The highest BCUT2D eigenvalue weighted by Crippen LogP contribution is 1.73. The lowest BCUT2D eigenvalue weighted by Gasteiger charge is -2.08. The number of nitrogens with one attached hydrogen (secondary N) is 1. The van der Waals surface area contributed by atoms with Gasteiger partial charge in [0, 0.05) is 14.1 Å². The van der Waals surface area contributed by atoms with Crippen LogP contribution >= 0.6 is 12.4 Å². The van der Waals surface area contributed by atoms with E-state index < -0.39 is 0 Å². The molecular weight excluding hydrogens is 218 g/mol. The molecule has 0 rings (SSSR count). The average Bonchev–Trinajstić information content (AvgIpc) is 2.05. The topological polar surface area (TPSA) is 144 Å². The lowest BCUT2D eigenvalue weighted by atomic mass is 10.4. The minimum atomic E-state index is -0.277. The minimum Gasteiger partial charge on any atom is -0.369 e. The molecule has 0 radical (unpaired) electrons. The smallest absolute Gasteiger partial charge is 0.215 e. The number of rotatable bonds is 2. The summed E-state index contributed by atoms with van der Waals surface area (Å²) in [5.74, 6) is -0.0382. The van der Waals surface area contributed by atoms with Crippen LogP contribution < -0.4 is 22.9 Å². The van der Waals surface area contributed by atoms with Crippen LogP contribution in [0.5, 0.6) is 0 Å². The van der Waals surface area contributed by atoms with E-state index in [1.54, 1.807) is 19.0 Å². The largest absolute Gasteiger partial charge is 0.369 e. The van der Waals surface area contributed by atoms with Crippen molar-refractivity contribution in [1.82, 2.24) is 4.90 Å². The van der Waals surface area contributed by atoms with Gasteiger partial charge in [-0.1, -0.05) is 0 Å². The molecule has 0 aromatic heterocycles. The van der Waals surface area contributed by atoms with E-state index in [4.69, 9.17) is 28.3 Å². The molecule has 0 aromatic carbocycles. The Kier molecular flexibility index (Phi) is 16.8. The number of nitrogens with two attached hydrogens (primary N) is 4. The Morgan fingerprint density at radius 1 is 1.20 bits per heavy atom. The van der Waals surface area contributed by atoms with E-state index in [2.05, 4.69) is 4.99 Å². The van der Waals surface area contributed by atoms with Gasteiger partial charge in [-0.05, 0) is 19.5 Å². The summed E-state index contributed by atoms with van der Waals surface area (Å²) in [5, 5.41) is 6.70. The molecule has 0 aliphatic carbocycles. The number of nitrogens with zero attached hydrogens (tertiary/aromatic N) is 2. The molecule has 92 valence electrons. The third-order valence-corrected chi connectivity index (χ3v) is 1.10. The van der Waals surface area contributed by atoms with Crippen molar-refractivity contribution in [3.63, 3.8) is 0 Å². The number of guanidine groups is 2. The van der Waals surface area contributed by atoms with Crippen molar-refractivity contribution >= 4 is 24.3 Å². The molecular formula is C7H22ClN7. The predicted octanol–water partition coefficient (Wildman–Crippen LogP) is -1.53. The Labute approximate surface area is 96.8 Å². The first kappa shape index (κ1) is 19.5. The van der Waals surface area contributed by atoms with E-state index in [9.17, 15) is 0 Å². The van der Waals surface area contributed by atoms with Crippen molar-refractivity contribution in [2.45, 2.75) is 6.42 Å². The Bertz CT molecular complexity index is 178. The van der Waals surface area contributed by atoms with Gasteiger partial charge in [-0.25, -0.2) is 0 Å². The standard InChI is InChI=1S/C4H11N5.C3H10N2.ClH/c1-9(2)4(7)8-3(5)6;4-2-1-3-5;/h1-2H3,(H5,5,6,7,8);1-5H2;1H. The van der Waals surface area contributed by atoms with Gasteiger partial charge in [0.1, 0.15) is 0 Å². The van der Waals surface area contributed by atoms with E-state index in [0.717, 1.165) is 19.5 Å². The first-order valence-corrected chi connectivity index (χ1v) is 4.21. The summed E-state index contributed by atoms with van der Waals surface area (Å²) < 4.78 is 0. The zero-order valence-electron chi connectivity index (χ0n) is 9.23. The maximum atomic E-state index is 6.70. The maximum Gasteiger partial charge on any atom is 0.215 e. The third-order valence-electron chi connectivity index (χ3n) is 1.10. The van der Waals surface area contributed by atoms with Crippen LogP contribution in [0.1, 0.15) is 6.42 Å². The molecule has 0 aromatic rings. The van der Waals surface area contributed by atoms with Crippen molar-refractivity contribution in [1.29, 1.82) is 5.41 Å². The van der Waals surface area contributed by atoms with Gasteiger partial charge < -0.3 is 27.8 Å². The monoisotopic (exact) mass is 239 g/mol. The summed E-state index contributed by atoms with van der Waals surface area (Å²) in [5.41, 5.74) is 20.3. The van der Waals surface area contributed by atoms with Crippen LogP contribution in [0, 0.1) is 5.41 Å². The van der Waals surface area contributed by atoms with E-state index in [0.29, 0.717) is 0 Å². The number of hydrogen-bond acceptors (Lipinski definition) is 3. The van der Waals surface area contributed by atoms with Gasteiger partial charge in [-0.15, -0.1) is 12.4 Å². The fourth-order valence-corrected chi connectivity index (χ4v) is 0.341. The van der Waals surface area contributed by atoms with Gasteiger partial charge in [-0.2, -0.15) is 4.99 Å². The fraction of sp³-hybridized carbons (Fsp3) is 0.714. The second-order valence-electron chi connectivity index (χ2n) is 2.68. The van der Waals surface area contributed by atoms with Crippen LogP contribution in [-0.2, 0) is 0 Å². The molecule has 0 atom stereocenters. The van der Waals surface area contributed by atoms with E-state index in [1.165, 1.54) is 0 Å². The summed E-state index contributed by atoms with van der Waals surface area (Å²) in [6, 6.07) is 0. The first-order valence-electron chi connectivity index (χ1n) is 4.21. The fourth-order valence-electron chi connectivity index (χ4n) is 0.341. The molecule has 0 saturated heterocycles. The van der Waals surface area contributed by atoms with Gasteiger partial charge in [0.25, 0.3) is 0 Å². The predicted molar refractivity (Wildman–Crippen MR) is 67.2 cm³/mol. The molecule has 0 unspecified atom stereocenters. The van der Waals surface area contributed by atoms with Crippen LogP contribution in [0.25, 0.3) is 0 Å². The van der Waals surface area contributed by atoms with Crippen LogP contribution in [0.4, 0.5) is 0 Å². The molecule has 0 aliphatic rings. The lowest BCUT2D eigenvalue weighted by Crippen LogP contribution is -2.32. The second kappa shape index (κ2) is 12.9. The summed E-state index contributed by atoms with van der Waals surface area (Å²) in [4.78, 5) is 5.03. The molecule has 0 fully saturated rings. The zero-order valence-corrected chi connectivity index (χ0v) is 10.0. The third kappa shape index (κ3) is 19.4. The van der Waals surface area contributed by atoms with Gasteiger partial charge in [0.05, 0.1) is 0 Å². The van der Waals surface area contributed by atoms with Crippen LogP contribution in [0.3, 0.4) is 0 Å². The molecule has 0 saturated carbocycles. The Morgan fingerprint density at radius 2 is 1.60 bits per heavy atom. The molecule has 8 heteroatoms. The first-order chi connectivity index (χ1) is 6.45. The second-order valence-corrected chi connectivity index (χ2v) is 2.68. The Balaban J connectivity index is -0.000000208. The molecule has 0 bridgehead atoms. The highest BCUT2D eigenvalue weighted by Gasteiger charge is 1.92. The summed E-state index contributed by atoms with van der Waals surface area (Å²) >= 11 is 0. The maximum absolute atomic E-state index is 6.70. The summed E-state index contributed by atoms with van der Waals surface area (Å²) in [7, 11) is 3.45. The molecule has 0 spiro atoms. The van der Waals surface area contributed by atoms with Crippen LogP contribution in [-0.4, -0.2) is 44.0 Å². The van der Waals surface area contributed by atoms with E-state index in [-0.39, 0.29) is 24.3 Å².